The second kappa shape index (κ2) is 8.37. The molecule has 0 radical (unpaired) electrons. The number of piperidine rings is 1. The lowest BCUT2D eigenvalue weighted by Gasteiger charge is -2.34. The number of hydrogen-bond donors (Lipinski definition) is 0. The molecule has 28 heavy (non-hydrogen) atoms. The van der Waals surface area contributed by atoms with E-state index in [1.165, 1.54) is 21.9 Å². The van der Waals surface area contributed by atoms with Gasteiger partial charge in [0.2, 0.25) is 5.91 Å². The molecule has 0 aromatic heterocycles. The predicted octanol–water partition coefficient (Wildman–Crippen LogP) is 1.82. The quantitative estimate of drug-likeness (QED) is 0.432. The summed E-state index contributed by atoms with van der Waals surface area (Å²) in [4.78, 5) is 50.5. The maximum absolute atomic E-state index is 12.5. The number of non-ortho nitro benzene ring substituents is 1. The van der Waals surface area contributed by atoms with Gasteiger partial charge in [-0.15, -0.1) is 0 Å². The first kappa shape index (κ1) is 19.8. The fraction of sp³-hybridized carbons (Fsp3) is 0.526. The van der Waals surface area contributed by atoms with Gasteiger partial charge in [-0.25, -0.2) is 4.79 Å². The van der Waals surface area contributed by atoms with Crippen LogP contribution < -0.4 is 4.90 Å². The smallest absolute Gasteiger partial charge is 0.329 e. The second-order valence-electron chi connectivity index (χ2n) is 6.93. The third-order valence-corrected chi connectivity index (χ3v) is 5.21. The fourth-order valence-corrected chi connectivity index (χ4v) is 3.73. The number of esters is 1. The molecule has 1 aromatic carbocycles. The molecule has 0 spiro atoms. The Kier molecular flexibility index (Phi) is 5.91. The van der Waals surface area contributed by atoms with Crippen LogP contribution in [0, 0.1) is 10.1 Å². The van der Waals surface area contributed by atoms with Crippen molar-refractivity contribution in [3.05, 3.63) is 33.9 Å². The minimum Gasteiger partial charge on any atom is -0.454 e. The molecular weight excluding hydrogens is 366 g/mol. The van der Waals surface area contributed by atoms with Gasteiger partial charge in [-0.05, 0) is 31.2 Å². The van der Waals surface area contributed by atoms with Gasteiger partial charge in [0.1, 0.15) is 6.04 Å². The summed E-state index contributed by atoms with van der Waals surface area (Å²) >= 11 is 0. The predicted molar refractivity (Wildman–Crippen MR) is 99.8 cm³/mol. The molecule has 2 aliphatic rings. The van der Waals surface area contributed by atoms with Gasteiger partial charge in [-0.2, -0.15) is 0 Å². The number of carbonyl (C=O) groups excluding carboxylic acids is 3. The number of hydrogen-bond acceptors (Lipinski definition) is 6. The number of rotatable bonds is 5. The molecule has 3 rings (SSSR count). The molecule has 2 amide bonds. The first-order valence-corrected chi connectivity index (χ1v) is 9.46. The molecular formula is C19H23N3O6. The Bertz CT molecular complexity index is 809. The van der Waals surface area contributed by atoms with E-state index in [2.05, 4.69) is 0 Å². The van der Waals surface area contributed by atoms with Crippen LogP contribution in [0.1, 0.15) is 38.2 Å². The van der Waals surface area contributed by atoms with Gasteiger partial charge in [0.05, 0.1) is 10.6 Å². The van der Waals surface area contributed by atoms with Gasteiger partial charge in [0.15, 0.2) is 6.61 Å². The van der Waals surface area contributed by atoms with E-state index in [0.717, 1.165) is 18.4 Å². The van der Waals surface area contributed by atoms with Crippen LogP contribution in [-0.2, 0) is 25.5 Å². The first-order chi connectivity index (χ1) is 13.4. The van der Waals surface area contributed by atoms with Crippen molar-refractivity contribution < 1.29 is 24.0 Å². The maximum atomic E-state index is 12.5. The standard InChI is InChI=1S/C19H23N3O6/c1-2-17(23)20-9-4-3-5-15(20)19(25)28-12-18(24)21-10-8-13-6-7-14(22(26)27)11-16(13)21/h6-7,11,15H,2-5,8-10,12H2,1H3. The van der Waals surface area contributed by atoms with E-state index in [9.17, 15) is 24.5 Å². The molecule has 9 nitrogen and oxygen atoms in total. The zero-order valence-electron chi connectivity index (χ0n) is 15.8. The Morgan fingerprint density at radius 1 is 1.21 bits per heavy atom. The van der Waals surface area contributed by atoms with E-state index in [-0.39, 0.29) is 11.6 Å². The Labute approximate surface area is 162 Å². The van der Waals surface area contributed by atoms with Crippen molar-refractivity contribution in [2.24, 2.45) is 0 Å². The number of nitrogens with zero attached hydrogens (tertiary/aromatic N) is 3. The third-order valence-electron chi connectivity index (χ3n) is 5.21. The number of carbonyl (C=O) groups is 3. The summed E-state index contributed by atoms with van der Waals surface area (Å²) in [7, 11) is 0. The van der Waals surface area contributed by atoms with Gasteiger partial charge < -0.3 is 14.5 Å². The maximum Gasteiger partial charge on any atom is 0.329 e. The highest BCUT2D eigenvalue weighted by atomic mass is 16.6. The molecule has 150 valence electrons. The van der Waals surface area contributed by atoms with Crippen molar-refractivity contribution in [3.8, 4) is 0 Å². The SMILES string of the molecule is CCC(=O)N1CCCCC1C(=O)OCC(=O)N1CCc2ccc([N+](=O)[O-])cc21. The van der Waals surface area contributed by atoms with E-state index in [1.807, 2.05) is 0 Å². The molecule has 0 saturated carbocycles. The highest BCUT2D eigenvalue weighted by molar-refractivity contribution is 5.97. The van der Waals surface area contributed by atoms with Crippen molar-refractivity contribution in [3.63, 3.8) is 0 Å². The van der Waals surface area contributed by atoms with Crippen molar-refractivity contribution in [2.75, 3.05) is 24.6 Å². The molecule has 1 unspecified atom stereocenters. The number of fused-ring (bicyclic) bond motifs is 1. The molecule has 0 aliphatic carbocycles. The minimum absolute atomic E-state index is 0.0913. The number of nitro benzene ring substituents is 1. The average molecular weight is 389 g/mol. The first-order valence-electron chi connectivity index (χ1n) is 9.46. The molecule has 0 N–H and O–H groups in total. The van der Waals surface area contributed by atoms with E-state index in [4.69, 9.17) is 4.74 Å². The monoisotopic (exact) mass is 389 g/mol. The average Bonchev–Trinajstić information content (AvgIpc) is 3.14. The molecule has 2 heterocycles. The van der Waals surface area contributed by atoms with E-state index in [0.29, 0.717) is 38.0 Å². The highest BCUT2D eigenvalue weighted by Crippen LogP contribution is 2.31. The minimum atomic E-state index is -0.652. The highest BCUT2D eigenvalue weighted by Gasteiger charge is 2.34. The Morgan fingerprint density at radius 2 is 2.00 bits per heavy atom. The Morgan fingerprint density at radius 3 is 2.71 bits per heavy atom. The number of nitro groups is 1. The number of likely N-dealkylation sites (tertiary alicyclic amines) is 1. The molecule has 0 bridgehead atoms. The van der Waals surface area contributed by atoms with Crippen molar-refractivity contribution >= 4 is 29.2 Å². The number of ether oxygens (including phenoxy) is 1. The van der Waals surface area contributed by atoms with Crippen molar-refractivity contribution in [1.82, 2.24) is 4.90 Å². The summed E-state index contributed by atoms with van der Waals surface area (Å²) in [5.74, 6) is -1.11. The zero-order chi connectivity index (χ0) is 20.3. The molecule has 9 heteroatoms. The summed E-state index contributed by atoms with van der Waals surface area (Å²) < 4.78 is 5.22. The summed E-state index contributed by atoms with van der Waals surface area (Å²) in [6.45, 7) is 2.19. The molecule has 1 aromatic rings. The lowest BCUT2D eigenvalue weighted by molar-refractivity contribution is -0.384. The number of benzene rings is 1. The number of anilines is 1. The normalized spacial score (nSPS) is 18.5. The molecule has 1 atom stereocenters. The van der Waals surface area contributed by atoms with Crippen molar-refractivity contribution in [1.29, 1.82) is 0 Å². The van der Waals surface area contributed by atoms with E-state index >= 15 is 0 Å². The Balaban J connectivity index is 1.63. The molecule has 2 aliphatic heterocycles. The van der Waals surface area contributed by atoms with Crippen molar-refractivity contribution in [2.45, 2.75) is 45.1 Å². The van der Waals surface area contributed by atoms with Gasteiger partial charge >= 0.3 is 5.97 Å². The Hall–Kier alpha value is -2.97. The number of amides is 2. The summed E-state index contributed by atoms with van der Waals surface area (Å²) in [6.07, 6.45) is 3.10. The van der Waals surface area contributed by atoms with Crippen LogP contribution in [0.3, 0.4) is 0 Å². The van der Waals surface area contributed by atoms with Gasteiger partial charge in [0.25, 0.3) is 11.6 Å². The summed E-state index contributed by atoms with van der Waals surface area (Å²) in [6, 6.07) is 3.77. The second-order valence-corrected chi connectivity index (χ2v) is 6.93. The molecule has 1 saturated heterocycles. The van der Waals surface area contributed by atoms with E-state index < -0.39 is 29.4 Å². The molecule has 1 fully saturated rings. The largest absolute Gasteiger partial charge is 0.454 e. The van der Waals surface area contributed by atoms with Crippen LogP contribution in [0.4, 0.5) is 11.4 Å². The fourth-order valence-electron chi connectivity index (χ4n) is 3.73. The van der Waals surface area contributed by atoms with Gasteiger partial charge in [-0.3, -0.25) is 19.7 Å². The van der Waals surface area contributed by atoms with Gasteiger partial charge in [0, 0.05) is 31.6 Å². The van der Waals surface area contributed by atoms with Crippen LogP contribution in [0.15, 0.2) is 18.2 Å². The third kappa shape index (κ3) is 3.97. The lowest BCUT2D eigenvalue weighted by Crippen LogP contribution is -2.49. The van der Waals surface area contributed by atoms with Crippen LogP contribution in [0.25, 0.3) is 0 Å². The summed E-state index contributed by atoms with van der Waals surface area (Å²) in [5, 5.41) is 11.0. The van der Waals surface area contributed by atoms with Crippen LogP contribution in [0.5, 0.6) is 0 Å². The lowest BCUT2D eigenvalue weighted by atomic mass is 10.0. The topological polar surface area (TPSA) is 110 Å². The van der Waals surface area contributed by atoms with Crippen LogP contribution >= 0.6 is 0 Å². The summed E-state index contributed by atoms with van der Waals surface area (Å²) in [5.41, 5.74) is 1.24. The van der Waals surface area contributed by atoms with E-state index in [1.54, 1.807) is 13.0 Å². The zero-order valence-corrected chi connectivity index (χ0v) is 15.8. The van der Waals surface area contributed by atoms with Crippen LogP contribution in [0.2, 0.25) is 0 Å². The van der Waals surface area contributed by atoms with Crippen LogP contribution in [-0.4, -0.2) is 53.3 Å². The van der Waals surface area contributed by atoms with Gasteiger partial charge in [-0.1, -0.05) is 13.0 Å².